The van der Waals surface area contributed by atoms with Crippen molar-refractivity contribution in [2.45, 2.75) is 39.2 Å². The average Bonchev–Trinajstić information content (AvgIpc) is 2.93. The second kappa shape index (κ2) is 4.45. The minimum atomic E-state index is -0.0606. The molecule has 0 saturated heterocycles. The Morgan fingerprint density at radius 1 is 1.47 bits per heavy atom. The molecule has 0 spiro atoms. The fourth-order valence-corrected chi connectivity index (χ4v) is 2.81. The normalized spacial score (nSPS) is 27.0. The largest absolute Gasteiger partial charge is 0.396 e. The van der Waals surface area contributed by atoms with E-state index >= 15 is 0 Å². The Balaban J connectivity index is 1.84. The number of anilines is 1. The van der Waals surface area contributed by atoms with Gasteiger partial charge in [0, 0.05) is 11.5 Å². The van der Waals surface area contributed by atoms with Gasteiger partial charge in [-0.2, -0.15) is 0 Å². The lowest BCUT2D eigenvalue weighted by Crippen LogP contribution is -2.36. The first-order valence-corrected chi connectivity index (χ1v) is 6.69. The van der Waals surface area contributed by atoms with Gasteiger partial charge in [0.05, 0.1) is 6.61 Å². The number of aliphatic hydroxyl groups excluding tert-OH is 1. The van der Waals surface area contributed by atoms with Crippen LogP contribution in [0, 0.1) is 12.3 Å². The highest BCUT2D eigenvalue weighted by Crippen LogP contribution is 2.38. The molecule has 6 nitrogen and oxygen atoms in total. The lowest BCUT2D eigenvalue weighted by Gasteiger charge is -2.30. The van der Waals surface area contributed by atoms with Gasteiger partial charge in [0.2, 0.25) is 0 Å². The van der Waals surface area contributed by atoms with Gasteiger partial charge in [-0.25, -0.2) is 4.98 Å². The monoisotopic (exact) mass is 261 g/mol. The van der Waals surface area contributed by atoms with Crippen molar-refractivity contribution in [2.75, 3.05) is 11.9 Å². The van der Waals surface area contributed by atoms with E-state index in [2.05, 4.69) is 27.4 Å². The molecule has 0 bridgehead atoms. The third-order valence-electron chi connectivity index (χ3n) is 4.08. The summed E-state index contributed by atoms with van der Waals surface area (Å²) in [7, 11) is 0. The first kappa shape index (κ1) is 12.3. The maximum atomic E-state index is 9.56. The fourth-order valence-electron chi connectivity index (χ4n) is 2.81. The van der Waals surface area contributed by atoms with Crippen LogP contribution >= 0.6 is 0 Å². The Hall–Kier alpha value is -1.69. The van der Waals surface area contributed by atoms with Gasteiger partial charge in [0.25, 0.3) is 0 Å². The summed E-state index contributed by atoms with van der Waals surface area (Å²) in [5.41, 5.74) is 0.689. The second-order valence-electron chi connectivity index (χ2n) is 5.63. The van der Waals surface area contributed by atoms with Crippen molar-refractivity contribution in [2.24, 2.45) is 5.41 Å². The molecule has 6 heteroatoms. The van der Waals surface area contributed by atoms with Crippen LogP contribution in [0.25, 0.3) is 5.65 Å². The fraction of sp³-hybridized carbons (Fsp3) is 0.615. The van der Waals surface area contributed by atoms with Gasteiger partial charge in [-0.1, -0.05) is 13.3 Å². The van der Waals surface area contributed by atoms with E-state index in [1.807, 2.05) is 19.1 Å². The van der Waals surface area contributed by atoms with Crippen LogP contribution in [0.4, 0.5) is 5.82 Å². The predicted molar refractivity (Wildman–Crippen MR) is 72.0 cm³/mol. The summed E-state index contributed by atoms with van der Waals surface area (Å²) in [6, 6.07) is 4.08. The highest BCUT2D eigenvalue weighted by molar-refractivity contribution is 5.44. The number of aromatic nitrogens is 4. The SMILES string of the molecule is Cc1nc2ccc(NC3CCCC3(C)CO)nn2n1. The van der Waals surface area contributed by atoms with Gasteiger partial charge in [0.1, 0.15) is 11.6 Å². The molecular weight excluding hydrogens is 242 g/mol. The minimum absolute atomic E-state index is 0.0606. The summed E-state index contributed by atoms with van der Waals surface area (Å²) < 4.78 is 1.54. The molecule has 0 aromatic carbocycles. The van der Waals surface area contributed by atoms with Crippen molar-refractivity contribution in [3.8, 4) is 0 Å². The van der Waals surface area contributed by atoms with Crippen molar-refractivity contribution in [3.05, 3.63) is 18.0 Å². The Bertz CT molecular complexity index is 596. The summed E-state index contributed by atoms with van der Waals surface area (Å²) in [4.78, 5) is 4.25. The topological polar surface area (TPSA) is 75.3 Å². The molecule has 102 valence electrons. The minimum Gasteiger partial charge on any atom is -0.396 e. The van der Waals surface area contributed by atoms with Crippen LogP contribution in [0.15, 0.2) is 12.1 Å². The van der Waals surface area contributed by atoms with Crippen LogP contribution < -0.4 is 5.32 Å². The average molecular weight is 261 g/mol. The second-order valence-corrected chi connectivity index (χ2v) is 5.63. The van der Waals surface area contributed by atoms with Crippen molar-refractivity contribution < 1.29 is 5.11 Å². The Labute approximate surface area is 111 Å². The standard InChI is InChI=1S/C13H19N5O/c1-9-14-12-6-5-11(17-18(12)16-9)15-10-4-3-7-13(10,2)8-19/h5-6,10,19H,3-4,7-8H2,1-2H3,(H,15,17). The van der Waals surface area contributed by atoms with E-state index in [1.165, 1.54) is 0 Å². The zero-order chi connectivity index (χ0) is 13.5. The molecule has 1 saturated carbocycles. The number of hydrogen-bond donors (Lipinski definition) is 2. The van der Waals surface area contributed by atoms with Crippen LogP contribution in [0.5, 0.6) is 0 Å². The van der Waals surface area contributed by atoms with Gasteiger partial charge in [-0.3, -0.25) is 0 Å². The van der Waals surface area contributed by atoms with Crippen LogP contribution in [0.3, 0.4) is 0 Å². The molecule has 2 N–H and O–H groups in total. The van der Waals surface area contributed by atoms with Gasteiger partial charge in [-0.05, 0) is 31.9 Å². The number of rotatable bonds is 3. The smallest absolute Gasteiger partial charge is 0.176 e. The van der Waals surface area contributed by atoms with Gasteiger partial charge in [0.15, 0.2) is 5.65 Å². The van der Waals surface area contributed by atoms with Gasteiger partial charge in [-0.15, -0.1) is 14.8 Å². The number of aliphatic hydroxyl groups is 1. The third-order valence-corrected chi connectivity index (χ3v) is 4.08. The molecule has 2 heterocycles. The molecule has 2 aromatic rings. The summed E-state index contributed by atoms with van der Waals surface area (Å²) in [6.45, 7) is 4.17. The van der Waals surface area contributed by atoms with Crippen molar-refractivity contribution in [1.29, 1.82) is 0 Å². The molecule has 2 aromatic heterocycles. The Morgan fingerprint density at radius 2 is 2.32 bits per heavy atom. The molecule has 2 unspecified atom stereocenters. The predicted octanol–water partition coefficient (Wildman–Crippen LogP) is 1.40. The van der Waals surface area contributed by atoms with Crippen LogP contribution in [0.1, 0.15) is 32.0 Å². The highest BCUT2D eigenvalue weighted by Gasteiger charge is 2.38. The molecule has 19 heavy (non-hydrogen) atoms. The molecule has 1 aliphatic rings. The highest BCUT2D eigenvalue weighted by atomic mass is 16.3. The van der Waals surface area contributed by atoms with E-state index in [0.717, 1.165) is 30.7 Å². The number of aryl methyl sites for hydroxylation is 1. The Morgan fingerprint density at radius 3 is 3.11 bits per heavy atom. The molecule has 0 aliphatic heterocycles. The zero-order valence-electron chi connectivity index (χ0n) is 11.3. The van der Waals surface area contributed by atoms with Crippen LogP contribution in [0.2, 0.25) is 0 Å². The van der Waals surface area contributed by atoms with Crippen LogP contribution in [-0.4, -0.2) is 37.6 Å². The van der Waals surface area contributed by atoms with E-state index in [-0.39, 0.29) is 18.1 Å². The number of hydrogen-bond acceptors (Lipinski definition) is 5. The van der Waals surface area contributed by atoms with Crippen LogP contribution in [-0.2, 0) is 0 Å². The van der Waals surface area contributed by atoms with E-state index in [4.69, 9.17) is 0 Å². The summed E-state index contributed by atoms with van der Waals surface area (Å²) in [5, 5.41) is 21.6. The lowest BCUT2D eigenvalue weighted by molar-refractivity contribution is 0.139. The molecule has 0 radical (unpaired) electrons. The van der Waals surface area contributed by atoms with Crippen molar-refractivity contribution in [3.63, 3.8) is 0 Å². The molecule has 1 fully saturated rings. The zero-order valence-corrected chi connectivity index (χ0v) is 11.3. The maximum absolute atomic E-state index is 9.56. The number of fused-ring (bicyclic) bond motifs is 1. The third kappa shape index (κ3) is 2.16. The Kier molecular flexibility index (Phi) is 2.89. The summed E-state index contributed by atoms with van der Waals surface area (Å²) in [5.74, 6) is 1.50. The summed E-state index contributed by atoms with van der Waals surface area (Å²) in [6.07, 6.45) is 3.25. The van der Waals surface area contributed by atoms with E-state index < -0.39 is 0 Å². The number of nitrogens with one attached hydrogen (secondary N) is 1. The van der Waals surface area contributed by atoms with Crippen molar-refractivity contribution >= 4 is 11.5 Å². The van der Waals surface area contributed by atoms with E-state index in [9.17, 15) is 5.11 Å². The molecule has 2 atom stereocenters. The van der Waals surface area contributed by atoms with E-state index in [1.54, 1.807) is 4.63 Å². The quantitative estimate of drug-likeness (QED) is 0.873. The number of nitrogens with zero attached hydrogens (tertiary/aromatic N) is 4. The molecular formula is C13H19N5O. The lowest BCUT2D eigenvalue weighted by atomic mass is 9.86. The first-order valence-electron chi connectivity index (χ1n) is 6.69. The van der Waals surface area contributed by atoms with Crippen molar-refractivity contribution in [1.82, 2.24) is 19.8 Å². The molecule has 1 aliphatic carbocycles. The summed E-state index contributed by atoms with van der Waals surface area (Å²) >= 11 is 0. The molecule has 3 rings (SSSR count). The van der Waals surface area contributed by atoms with Gasteiger partial charge < -0.3 is 10.4 Å². The molecule has 0 amide bonds. The van der Waals surface area contributed by atoms with E-state index in [0.29, 0.717) is 5.82 Å². The van der Waals surface area contributed by atoms with Gasteiger partial charge >= 0.3 is 0 Å². The first-order chi connectivity index (χ1) is 9.10. The maximum Gasteiger partial charge on any atom is 0.176 e.